The summed E-state index contributed by atoms with van der Waals surface area (Å²) in [5.74, 6) is 0.883. The molecule has 0 N–H and O–H groups in total. The van der Waals surface area contributed by atoms with Crippen LogP contribution in [0.4, 0.5) is 0 Å². The average Bonchev–Trinajstić information content (AvgIpc) is 2.99. The lowest BCUT2D eigenvalue weighted by atomic mass is 10.1. The van der Waals surface area contributed by atoms with Crippen molar-refractivity contribution in [1.82, 2.24) is 0 Å². The highest BCUT2D eigenvalue weighted by atomic mass is 35.5. The Labute approximate surface area is 125 Å². The van der Waals surface area contributed by atoms with Gasteiger partial charge in [-0.2, -0.15) is 0 Å². The van der Waals surface area contributed by atoms with Gasteiger partial charge in [-0.25, -0.2) is 0 Å². The molecule has 0 radical (unpaired) electrons. The monoisotopic (exact) mass is 308 g/mol. The highest BCUT2D eigenvalue weighted by Gasteiger charge is 2.13. The molecule has 1 unspecified atom stereocenters. The van der Waals surface area contributed by atoms with Gasteiger partial charge in [0.2, 0.25) is 0 Å². The van der Waals surface area contributed by atoms with Gasteiger partial charge in [0.1, 0.15) is 5.75 Å². The summed E-state index contributed by atoms with van der Waals surface area (Å²) in [4.78, 5) is 1.24. The molecule has 3 rings (SSSR count). The zero-order chi connectivity index (χ0) is 13.2. The van der Waals surface area contributed by atoms with E-state index in [0.29, 0.717) is 0 Å². The lowest BCUT2D eigenvalue weighted by molar-refractivity contribution is 0.414. The maximum absolute atomic E-state index is 6.54. The molecule has 0 bridgehead atoms. The molecule has 3 aromatic rings. The molecule has 4 heteroatoms. The summed E-state index contributed by atoms with van der Waals surface area (Å²) in [6.07, 6.45) is 0.826. The number of benzene rings is 1. The van der Waals surface area contributed by atoms with Crippen LogP contribution in [0.15, 0.2) is 41.8 Å². The molecular formula is C15H13ClOS2. The Bertz CT molecular complexity index is 658. The summed E-state index contributed by atoms with van der Waals surface area (Å²) in [6.45, 7) is 0. The Balaban J connectivity index is 1.80. The maximum Gasteiger partial charge on any atom is 0.119 e. The van der Waals surface area contributed by atoms with Gasteiger partial charge in [-0.05, 0) is 41.6 Å². The van der Waals surface area contributed by atoms with E-state index in [2.05, 4.69) is 23.6 Å². The summed E-state index contributed by atoms with van der Waals surface area (Å²) in [5, 5.41) is 2.15. The van der Waals surface area contributed by atoms with Crippen LogP contribution < -0.4 is 4.74 Å². The summed E-state index contributed by atoms with van der Waals surface area (Å²) in [7, 11) is 1.69. The molecule has 1 nitrogen and oxygen atoms in total. The molecule has 0 saturated carbocycles. The third-order valence-electron chi connectivity index (χ3n) is 3.02. The van der Waals surface area contributed by atoms with E-state index < -0.39 is 0 Å². The van der Waals surface area contributed by atoms with Crippen LogP contribution in [0, 0.1) is 0 Å². The van der Waals surface area contributed by atoms with E-state index in [1.165, 1.54) is 19.8 Å². The first kappa shape index (κ1) is 13.0. The molecule has 0 spiro atoms. The van der Waals surface area contributed by atoms with Crippen LogP contribution in [0.3, 0.4) is 0 Å². The average molecular weight is 309 g/mol. The van der Waals surface area contributed by atoms with Crippen LogP contribution in [0.1, 0.15) is 15.8 Å². The van der Waals surface area contributed by atoms with E-state index in [1.807, 2.05) is 18.2 Å². The number of fused-ring (bicyclic) bond motifs is 1. The molecule has 0 amide bonds. The Morgan fingerprint density at radius 2 is 2.11 bits per heavy atom. The van der Waals surface area contributed by atoms with Gasteiger partial charge in [-0.15, -0.1) is 34.3 Å². The van der Waals surface area contributed by atoms with Crippen molar-refractivity contribution in [2.45, 2.75) is 11.8 Å². The number of methoxy groups -OCH3 is 1. The van der Waals surface area contributed by atoms with Crippen LogP contribution in [0.25, 0.3) is 9.40 Å². The second-order valence-electron chi connectivity index (χ2n) is 4.32. The molecule has 0 aliphatic heterocycles. The topological polar surface area (TPSA) is 9.23 Å². The fraction of sp³-hybridized carbons (Fsp3) is 0.200. The van der Waals surface area contributed by atoms with Crippen LogP contribution in [0.2, 0.25) is 0 Å². The van der Waals surface area contributed by atoms with E-state index in [4.69, 9.17) is 16.3 Å². The van der Waals surface area contributed by atoms with Crippen molar-refractivity contribution < 1.29 is 4.74 Å². The van der Waals surface area contributed by atoms with E-state index in [1.54, 1.807) is 29.8 Å². The minimum absolute atomic E-state index is 0.0247. The van der Waals surface area contributed by atoms with E-state index in [9.17, 15) is 0 Å². The first-order valence-electron chi connectivity index (χ1n) is 6.00. The van der Waals surface area contributed by atoms with Crippen molar-refractivity contribution in [3.63, 3.8) is 0 Å². The fourth-order valence-corrected chi connectivity index (χ4v) is 4.52. The molecule has 0 saturated heterocycles. The van der Waals surface area contributed by atoms with Gasteiger partial charge in [-0.1, -0.05) is 12.1 Å². The molecular weight excluding hydrogens is 296 g/mol. The number of halogens is 1. The van der Waals surface area contributed by atoms with Crippen molar-refractivity contribution in [3.05, 3.63) is 52.2 Å². The summed E-state index contributed by atoms with van der Waals surface area (Å²) < 4.78 is 7.90. The number of rotatable bonds is 4. The molecule has 0 aliphatic rings. The van der Waals surface area contributed by atoms with Crippen LogP contribution in [0.5, 0.6) is 5.75 Å². The minimum atomic E-state index is 0.0247. The quantitative estimate of drug-likeness (QED) is 0.579. The van der Waals surface area contributed by atoms with Gasteiger partial charge in [0.05, 0.1) is 12.5 Å². The Morgan fingerprint density at radius 1 is 1.21 bits per heavy atom. The highest BCUT2D eigenvalue weighted by molar-refractivity contribution is 7.27. The van der Waals surface area contributed by atoms with Crippen LogP contribution in [-0.2, 0) is 6.42 Å². The number of alkyl halides is 1. The molecule has 2 aromatic heterocycles. The third kappa shape index (κ3) is 2.78. The van der Waals surface area contributed by atoms with Crippen molar-refractivity contribution in [3.8, 4) is 5.75 Å². The molecule has 2 heterocycles. The minimum Gasteiger partial charge on any atom is -0.497 e. The smallest absolute Gasteiger partial charge is 0.119 e. The molecule has 19 heavy (non-hydrogen) atoms. The lowest BCUT2D eigenvalue weighted by Gasteiger charge is -2.08. The summed E-state index contributed by atoms with van der Waals surface area (Å²) in [5.41, 5.74) is 1.20. The Hall–Kier alpha value is -1.03. The maximum atomic E-state index is 6.54. The van der Waals surface area contributed by atoms with Gasteiger partial charge < -0.3 is 4.74 Å². The molecule has 0 fully saturated rings. The van der Waals surface area contributed by atoms with Crippen LogP contribution >= 0.6 is 34.3 Å². The molecule has 98 valence electrons. The zero-order valence-corrected chi connectivity index (χ0v) is 12.8. The number of hydrogen-bond donors (Lipinski definition) is 0. The first-order valence-corrected chi connectivity index (χ1v) is 8.13. The predicted molar refractivity (Wildman–Crippen MR) is 85.0 cm³/mol. The molecule has 1 aromatic carbocycles. The van der Waals surface area contributed by atoms with Crippen molar-refractivity contribution >= 4 is 43.7 Å². The Kier molecular flexibility index (Phi) is 3.78. The fourth-order valence-electron chi connectivity index (χ4n) is 2.05. The van der Waals surface area contributed by atoms with E-state index in [-0.39, 0.29) is 5.38 Å². The second-order valence-corrected chi connectivity index (χ2v) is 6.91. The normalized spacial score (nSPS) is 12.7. The molecule has 0 aliphatic carbocycles. The second kappa shape index (κ2) is 5.53. The SMILES string of the molecule is COc1cccc(CC(Cl)c2cc3sccc3s2)c1. The molecule has 1 atom stereocenters. The number of ether oxygens (including phenoxy) is 1. The van der Waals surface area contributed by atoms with Gasteiger partial charge in [0, 0.05) is 14.3 Å². The van der Waals surface area contributed by atoms with Gasteiger partial charge in [-0.3, -0.25) is 0 Å². The predicted octanol–water partition coefficient (Wildman–Crippen LogP) is 5.49. The van der Waals surface area contributed by atoms with E-state index in [0.717, 1.165) is 12.2 Å². The third-order valence-corrected chi connectivity index (χ3v) is 5.74. The van der Waals surface area contributed by atoms with Crippen molar-refractivity contribution in [1.29, 1.82) is 0 Å². The van der Waals surface area contributed by atoms with Gasteiger partial charge in [0.25, 0.3) is 0 Å². The summed E-state index contributed by atoms with van der Waals surface area (Å²) >= 11 is 10.1. The number of hydrogen-bond acceptors (Lipinski definition) is 3. The summed E-state index contributed by atoms with van der Waals surface area (Å²) in [6, 6.07) is 12.5. The standard InChI is InChI=1S/C15H13ClOS2/c1-17-11-4-2-3-10(7-11)8-12(16)14-9-15-13(19-14)5-6-18-15/h2-7,9,12H,8H2,1H3. The highest BCUT2D eigenvalue weighted by Crippen LogP contribution is 2.37. The zero-order valence-electron chi connectivity index (χ0n) is 10.4. The first-order chi connectivity index (χ1) is 9.26. The lowest BCUT2D eigenvalue weighted by Crippen LogP contribution is -1.94. The Morgan fingerprint density at radius 3 is 2.89 bits per heavy atom. The van der Waals surface area contributed by atoms with Gasteiger partial charge in [0.15, 0.2) is 0 Å². The van der Waals surface area contributed by atoms with Gasteiger partial charge >= 0.3 is 0 Å². The van der Waals surface area contributed by atoms with E-state index >= 15 is 0 Å². The van der Waals surface area contributed by atoms with Crippen molar-refractivity contribution in [2.75, 3.05) is 7.11 Å². The van der Waals surface area contributed by atoms with Crippen molar-refractivity contribution in [2.24, 2.45) is 0 Å². The largest absolute Gasteiger partial charge is 0.497 e. The van der Waals surface area contributed by atoms with Crippen LogP contribution in [-0.4, -0.2) is 7.11 Å². The number of thiophene rings is 2.